The summed E-state index contributed by atoms with van der Waals surface area (Å²) in [7, 11) is 0. The van der Waals surface area contributed by atoms with Gasteiger partial charge in [0.2, 0.25) is 0 Å². The Hall–Kier alpha value is -6.91. The van der Waals surface area contributed by atoms with Crippen molar-refractivity contribution in [1.82, 2.24) is 15.0 Å². The molecule has 4 nitrogen and oxygen atoms in total. The first-order chi connectivity index (χ1) is 25.2. The van der Waals surface area contributed by atoms with Gasteiger partial charge >= 0.3 is 0 Å². The highest BCUT2D eigenvalue weighted by Gasteiger charge is 2.21. The zero-order valence-corrected chi connectivity index (χ0v) is 27.5. The minimum absolute atomic E-state index is 0.598. The second kappa shape index (κ2) is 11.9. The average molecular weight is 652 g/mol. The maximum absolute atomic E-state index is 6.87. The summed E-state index contributed by atoms with van der Waals surface area (Å²) in [5, 5.41) is 6.64. The van der Waals surface area contributed by atoms with Crippen LogP contribution in [0.1, 0.15) is 0 Å². The van der Waals surface area contributed by atoms with Crippen molar-refractivity contribution < 1.29 is 4.42 Å². The van der Waals surface area contributed by atoms with Crippen LogP contribution in [0.2, 0.25) is 0 Å². The summed E-state index contributed by atoms with van der Waals surface area (Å²) in [5.41, 5.74) is 8.87. The lowest BCUT2D eigenvalue weighted by molar-refractivity contribution is 0.670. The predicted molar refractivity (Wildman–Crippen MR) is 209 cm³/mol. The molecule has 51 heavy (non-hydrogen) atoms. The van der Waals surface area contributed by atoms with Gasteiger partial charge in [-0.05, 0) is 74.6 Å². The Labute approximate surface area is 294 Å². The van der Waals surface area contributed by atoms with Gasteiger partial charge in [0.25, 0.3) is 0 Å². The summed E-state index contributed by atoms with van der Waals surface area (Å²) < 4.78 is 6.87. The van der Waals surface area contributed by atoms with Crippen LogP contribution in [0.4, 0.5) is 0 Å². The van der Waals surface area contributed by atoms with Crippen LogP contribution < -0.4 is 0 Å². The number of aromatic nitrogens is 3. The third-order valence-corrected chi connectivity index (χ3v) is 9.69. The lowest BCUT2D eigenvalue weighted by Crippen LogP contribution is -2.00. The molecule has 0 N–H and O–H groups in total. The van der Waals surface area contributed by atoms with Crippen molar-refractivity contribution in [2.24, 2.45) is 0 Å². The van der Waals surface area contributed by atoms with E-state index >= 15 is 0 Å². The molecule has 0 aliphatic carbocycles. The number of hydrogen-bond acceptors (Lipinski definition) is 4. The Bertz CT molecular complexity index is 2840. The number of benzene rings is 8. The number of rotatable bonds is 5. The lowest BCUT2D eigenvalue weighted by atomic mass is 9.94. The van der Waals surface area contributed by atoms with Gasteiger partial charge in [-0.3, -0.25) is 0 Å². The molecule has 0 saturated heterocycles. The summed E-state index contributed by atoms with van der Waals surface area (Å²) in [5.74, 6) is 1.85. The van der Waals surface area contributed by atoms with Gasteiger partial charge in [0.05, 0.1) is 0 Å². The van der Waals surface area contributed by atoms with E-state index in [4.69, 9.17) is 19.4 Å². The molecule has 0 aliphatic heterocycles. The van der Waals surface area contributed by atoms with Crippen LogP contribution in [0.25, 0.3) is 99.9 Å². The molecule has 0 unspecified atom stereocenters. The van der Waals surface area contributed by atoms with Crippen molar-refractivity contribution in [3.05, 3.63) is 176 Å². The summed E-state index contributed by atoms with van der Waals surface area (Å²) in [6, 6.07) is 61.1. The third-order valence-electron chi connectivity index (χ3n) is 9.69. The summed E-state index contributed by atoms with van der Waals surface area (Å²) >= 11 is 0. The van der Waals surface area contributed by atoms with E-state index in [9.17, 15) is 0 Å². The van der Waals surface area contributed by atoms with Gasteiger partial charge in [-0.1, -0.05) is 140 Å². The smallest absolute Gasteiger partial charge is 0.164 e. The van der Waals surface area contributed by atoms with Gasteiger partial charge in [0.15, 0.2) is 17.5 Å². The standard InChI is InChI=1S/C47H29N3O/c1-4-12-30(13-5-1)36-22-20-31-21-23-37(27-38(31)26-36)39-24-25-40(43-41-28-34-18-10-11-19-35(34)29-42(41)51-44(39)43)47-49-45(32-14-6-2-7-15-32)48-46(50-47)33-16-8-3-9-17-33/h1-29H. The van der Waals surface area contributed by atoms with Gasteiger partial charge in [0, 0.05) is 33.0 Å². The largest absolute Gasteiger partial charge is 0.455 e. The van der Waals surface area contributed by atoms with Gasteiger partial charge in [-0.2, -0.15) is 0 Å². The predicted octanol–water partition coefficient (Wildman–Crippen LogP) is 12.4. The molecular formula is C47H29N3O. The Morgan fingerprint density at radius 3 is 1.53 bits per heavy atom. The topological polar surface area (TPSA) is 51.8 Å². The molecule has 0 fully saturated rings. The van der Waals surface area contributed by atoms with E-state index in [-0.39, 0.29) is 0 Å². The van der Waals surface area contributed by atoms with Crippen LogP contribution in [-0.4, -0.2) is 15.0 Å². The molecule has 10 rings (SSSR count). The minimum Gasteiger partial charge on any atom is -0.455 e. The fourth-order valence-electron chi connectivity index (χ4n) is 7.13. The Balaban J connectivity index is 1.23. The zero-order chi connectivity index (χ0) is 33.7. The van der Waals surface area contributed by atoms with Crippen molar-refractivity contribution in [3.8, 4) is 56.4 Å². The number of furan rings is 1. The normalized spacial score (nSPS) is 11.5. The molecule has 0 amide bonds. The maximum Gasteiger partial charge on any atom is 0.164 e. The molecule has 0 saturated carbocycles. The van der Waals surface area contributed by atoms with Crippen LogP contribution in [0.15, 0.2) is 180 Å². The molecule has 0 aliphatic rings. The molecule has 10 aromatic rings. The van der Waals surface area contributed by atoms with Crippen LogP contribution in [0.3, 0.4) is 0 Å². The Morgan fingerprint density at radius 2 is 0.863 bits per heavy atom. The molecule has 0 radical (unpaired) electrons. The van der Waals surface area contributed by atoms with Crippen molar-refractivity contribution >= 4 is 43.5 Å². The molecule has 238 valence electrons. The van der Waals surface area contributed by atoms with Crippen LogP contribution >= 0.6 is 0 Å². The monoisotopic (exact) mass is 651 g/mol. The number of nitrogens with zero attached hydrogens (tertiary/aromatic N) is 3. The second-order valence-electron chi connectivity index (χ2n) is 12.8. The van der Waals surface area contributed by atoms with Crippen molar-refractivity contribution in [2.75, 3.05) is 0 Å². The van der Waals surface area contributed by atoms with Gasteiger partial charge in [-0.15, -0.1) is 0 Å². The van der Waals surface area contributed by atoms with E-state index in [0.717, 1.165) is 60.5 Å². The van der Waals surface area contributed by atoms with E-state index in [1.807, 2.05) is 60.7 Å². The van der Waals surface area contributed by atoms with E-state index in [2.05, 4.69) is 115 Å². The average Bonchev–Trinajstić information content (AvgIpc) is 3.58. The highest BCUT2D eigenvalue weighted by Crippen LogP contribution is 2.43. The summed E-state index contributed by atoms with van der Waals surface area (Å²) in [6.45, 7) is 0. The van der Waals surface area contributed by atoms with E-state index in [1.165, 1.54) is 21.9 Å². The van der Waals surface area contributed by atoms with E-state index in [1.54, 1.807) is 0 Å². The zero-order valence-electron chi connectivity index (χ0n) is 27.5. The summed E-state index contributed by atoms with van der Waals surface area (Å²) in [6.07, 6.45) is 0. The van der Waals surface area contributed by atoms with Crippen LogP contribution in [0.5, 0.6) is 0 Å². The highest BCUT2D eigenvalue weighted by atomic mass is 16.3. The first kappa shape index (κ1) is 29.0. The fraction of sp³-hybridized carbons (Fsp3) is 0. The quantitative estimate of drug-likeness (QED) is 0.186. The van der Waals surface area contributed by atoms with Crippen molar-refractivity contribution in [1.29, 1.82) is 0 Å². The van der Waals surface area contributed by atoms with Crippen LogP contribution in [-0.2, 0) is 0 Å². The first-order valence-electron chi connectivity index (χ1n) is 17.1. The lowest BCUT2D eigenvalue weighted by Gasteiger charge is -2.11. The Kier molecular flexibility index (Phi) is 6.78. The van der Waals surface area contributed by atoms with Crippen molar-refractivity contribution in [3.63, 3.8) is 0 Å². The SMILES string of the molecule is c1ccc(-c2ccc3ccc(-c4ccc(-c5nc(-c6ccccc6)nc(-c6ccccc6)n5)c5c4oc4cc6ccccc6cc45)cc3c2)cc1. The highest BCUT2D eigenvalue weighted by molar-refractivity contribution is 6.18. The fourth-order valence-corrected chi connectivity index (χ4v) is 7.13. The van der Waals surface area contributed by atoms with E-state index in [0.29, 0.717) is 17.5 Å². The molecule has 4 heteroatoms. The first-order valence-corrected chi connectivity index (χ1v) is 17.1. The van der Waals surface area contributed by atoms with Gasteiger partial charge < -0.3 is 4.42 Å². The molecule has 2 heterocycles. The molecule has 0 bridgehead atoms. The van der Waals surface area contributed by atoms with Gasteiger partial charge in [0.1, 0.15) is 11.2 Å². The molecule has 2 aromatic heterocycles. The van der Waals surface area contributed by atoms with Gasteiger partial charge in [-0.25, -0.2) is 15.0 Å². The Morgan fingerprint density at radius 1 is 0.333 bits per heavy atom. The molecular weight excluding hydrogens is 623 g/mol. The van der Waals surface area contributed by atoms with Crippen LogP contribution in [0, 0.1) is 0 Å². The molecule has 0 atom stereocenters. The number of hydrogen-bond donors (Lipinski definition) is 0. The maximum atomic E-state index is 6.87. The molecule has 8 aromatic carbocycles. The van der Waals surface area contributed by atoms with Crippen molar-refractivity contribution in [2.45, 2.75) is 0 Å². The molecule has 0 spiro atoms. The second-order valence-corrected chi connectivity index (χ2v) is 12.8. The minimum atomic E-state index is 0.598. The van der Waals surface area contributed by atoms with E-state index < -0.39 is 0 Å². The summed E-state index contributed by atoms with van der Waals surface area (Å²) in [4.78, 5) is 15.2. The number of fused-ring (bicyclic) bond motifs is 5. The third kappa shape index (κ3) is 5.13.